The van der Waals surface area contributed by atoms with Crippen LogP contribution in [0.2, 0.25) is 0 Å². The zero-order chi connectivity index (χ0) is 16.9. The van der Waals surface area contributed by atoms with Crippen LogP contribution in [0.1, 0.15) is 55.8 Å². The van der Waals surface area contributed by atoms with Crippen LogP contribution in [0.25, 0.3) is 0 Å². The second kappa shape index (κ2) is 8.01. The van der Waals surface area contributed by atoms with Crippen molar-refractivity contribution >= 4 is 12.7 Å². The van der Waals surface area contributed by atoms with Crippen molar-refractivity contribution in [1.29, 1.82) is 0 Å². The maximum Gasteiger partial charge on any atom is 0.229 e. The lowest BCUT2D eigenvalue weighted by molar-refractivity contribution is 0.106. The van der Waals surface area contributed by atoms with Gasteiger partial charge in [-0.1, -0.05) is 32.3 Å². The highest BCUT2D eigenvalue weighted by Crippen LogP contribution is 2.59. The van der Waals surface area contributed by atoms with Gasteiger partial charge in [0.2, 0.25) is 5.52 Å². The van der Waals surface area contributed by atoms with E-state index in [1.165, 1.54) is 20.6 Å². The quantitative estimate of drug-likeness (QED) is 0.660. The number of ether oxygens (including phenoxy) is 2. The van der Waals surface area contributed by atoms with Crippen LogP contribution in [0, 0.1) is 0 Å². The van der Waals surface area contributed by atoms with Crippen LogP contribution in [0.4, 0.5) is 0 Å². The van der Waals surface area contributed by atoms with Gasteiger partial charge in [0.1, 0.15) is 17.1 Å². The van der Waals surface area contributed by atoms with Gasteiger partial charge >= 0.3 is 0 Å². The average molecular weight is 338 g/mol. The Bertz CT molecular complexity index is 568. The molecule has 0 bridgehead atoms. The van der Waals surface area contributed by atoms with Gasteiger partial charge in [-0.05, 0) is 31.4 Å². The molecule has 0 aliphatic heterocycles. The molecule has 2 rings (SSSR count). The van der Waals surface area contributed by atoms with Crippen LogP contribution in [-0.2, 0) is 4.57 Å². The highest BCUT2D eigenvalue weighted by atomic mass is 31.2. The second-order valence-electron chi connectivity index (χ2n) is 6.15. The summed E-state index contributed by atoms with van der Waals surface area (Å²) in [7, 11) is 0.0626. The highest BCUT2D eigenvalue weighted by molar-refractivity contribution is 7.81. The first-order chi connectivity index (χ1) is 11.1. The predicted octanol–water partition coefficient (Wildman–Crippen LogP) is 4.95. The smallest absolute Gasteiger partial charge is 0.229 e. The third-order valence-corrected chi connectivity index (χ3v) is 8.42. The standard InChI is InChI=1S/C18H27O4P/c1-4-13-23(20,14-9-6-5-7-10-14)18(19)17-15(21-2)11-8-12-16(17)22-3/h8,11-12,14H,4-7,9-10,13H2,1-3H3. The van der Waals surface area contributed by atoms with Crippen LogP contribution < -0.4 is 9.47 Å². The molecule has 1 unspecified atom stereocenters. The summed E-state index contributed by atoms with van der Waals surface area (Å²) in [6.07, 6.45) is 6.30. The maximum absolute atomic E-state index is 13.7. The van der Waals surface area contributed by atoms with Crippen LogP contribution >= 0.6 is 7.14 Å². The SMILES string of the molecule is CCCP(=O)(C(=O)c1c(OC)cccc1OC)C1CCCCC1. The Morgan fingerprint density at radius 2 is 1.70 bits per heavy atom. The fourth-order valence-corrected chi connectivity index (χ4v) is 6.89. The van der Waals surface area contributed by atoms with Gasteiger partial charge in [-0.2, -0.15) is 0 Å². The lowest BCUT2D eigenvalue weighted by Gasteiger charge is -2.30. The summed E-state index contributed by atoms with van der Waals surface area (Å²) in [4.78, 5) is 13.3. The van der Waals surface area contributed by atoms with Gasteiger partial charge in [-0.3, -0.25) is 4.79 Å². The van der Waals surface area contributed by atoms with Gasteiger partial charge in [0.05, 0.1) is 14.2 Å². The van der Waals surface area contributed by atoms with Crippen molar-refractivity contribution in [2.45, 2.75) is 51.1 Å². The molecule has 1 aliphatic rings. The fraction of sp³-hybridized carbons (Fsp3) is 0.611. The predicted molar refractivity (Wildman–Crippen MR) is 93.5 cm³/mol. The van der Waals surface area contributed by atoms with E-state index in [0.29, 0.717) is 23.2 Å². The van der Waals surface area contributed by atoms with E-state index < -0.39 is 7.14 Å². The minimum Gasteiger partial charge on any atom is -0.496 e. The van der Waals surface area contributed by atoms with Crippen molar-refractivity contribution in [3.8, 4) is 11.5 Å². The molecule has 0 heterocycles. The molecule has 5 heteroatoms. The van der Waals surface area contributed by atoms with Gasteiger partial charge in [-0.25, -0.2) is 0 Å². The Labute approximate surface area is 138 Å². The number of hydrogen-bond acceptors (Lipinski definition) is 4. The van der Waals surface area contributed by atoms with E-state index in [2.05, 4.69) is 0 Å². The van der Waals surface area contributed by atoms with Crippen molar-refractivity contribution in [2.24, 2.45) is 0 Å². The molecule has 128 valence electrons. The summed E-state index contributed by atoms with van der Waals surface area (Å²) in [6.45, 7) is 1.99. The zero-order valence-corrected chi connectivity index (χ0v) is 15.2. The van der Waals surface area contributed by atoms with Gasteiger partial charge in [0, 0.05) is 11.8 Å². The Morgan fingerprint density at radius 3 is 2.17 bits per heavy atom. The summed E-state index contributed by atoms with van der Waals surface area (Å²) in [5.74, 6) is 0.892. The van der Waals surface area contributed by atoms with Crippen molar-refractivity contribution in [3.05, 3.63) is 23.8 Å². The number of rotatable bonds is 7. The fourth-order valence-electron chi connectivity index (χ4n) is 3.53. The van der Waals surface area contributed by atoms with Crippen molar-refractivity contribution in [2.75, 3.05) is 20.4 Å². The maximum atomic E-state index is 13.7. The molecular weight excluding hydrogens is 311 g/mol. The minimum absolute atomic E-state index is 0.0123. The molecule has 23 heavy (non-hydrogen) atoms. The molecule has 1 aromatic rings. The van der Waals surface area contributed by atoms with Crippen molar-refractivity contribution in [3.63, 3.8) is 0 Å². The Balaban J connectivity index is 2.48. The lowest BCUT2D eigenvalue weighted by Crippen LogP contribution is -2.21. The molecule has 1 saturated carbocycles. The monoisotopic (exact) mass is 338 g/mol. The van der Waals surface area contributed by atoms with Crippen molar-refractivity contribution < 1.29 is 18.8 Å². The van der Waals surface area contributed by atoms with Crippen LogP contribution in [0.3, 0.4) is 0 Å². The third kappa shape index (κ3) is 3.63. The minimum atomic E-state index is -2.99. The molecule has 0 spiro atoms. The Hall–Kier alpha value is -1.28. The van der Waals surface area contributed by atoms with E-state index in [4.69, 9.17) is 9.47 Å². The summed E-state index contributed by atoms with van der Waals surface area (Å²) in [6, 6.07) is 5.24. The van der Waals surface area contributed by atoms with E-state index in [-0.39, 0.29) is 11.2 Å². The normalized spacial score (nSPS) is 18.2. The second-order valence-corrected chi connectivity index (χ2v) is 9.33. The summed E-state index contributed by atoms with van der Waals surface area (Å²) in [5.41, 5.74) is 0.0960. The lowest BCUT2D eigenvalue weighted by atomic mass is 10.0. The first kappa shape index (κ1) is 18.1. The molecule has 0 radical (unpaired) electrons. The third-order valence-electron chi connectivity index (χ3n) is 4.71. The number of methoxy groups -OCH3 is 2. The molecule has 1 aliphatic carbocycles. The highest BCUT2D eigenvalue weighted by Gasteiger charge is 2.42. The molecule has 1 fully saturated rings. The molecule has 0 saturated heterocycles. The van der Waals surface area contributed by atoms with Crippen LogP contribution in [0.15, 0.2) is 18.2 Å². The zero-order valence-electron chi connectivity index (χ0n) is 14.3. The van der Waals surface area contributed by atoms with E-state index in [0.717, 1.165) is 32.1 Å². The topological polar surface area (TPSA) is 52.6 Å². The van der Waals surface area contributed by atoms with Crippen molar-refractivity contribution in [1.82, 2.24) is 0 Å². The number of benzene rings is 1. The molecule has 0 N–H and O–H groups in total. The summed E-state index contributed by atoms with van der Waals surface area (Å²) in [5, 5.41) is 0. The van der Waals surface area contributed by atoms with Crippen LogP contribution in [0.5, 0.6) is 11.5 Å². The Kier molecular flexibility index (Phi) is 6.29. The largest absolute Gasteiger partial charge is 0.496 e. The van der Waals surface area contributed by atoms with E-state index >= 15 is 0 Å². The van der Waals surface area contributed by atoms with Gasteiger partial charge in [0.15, 0.2) is 7.14 Å². The summed E-state index contributed by atoms with van der Waals surface area (Å²) >= 11 is 0. The van der Waals surface area contributed by atoms with Gasteiger partial charge in [-0.15, -0.1) is 0 Å². The first-order valence-electron chi connectivity index (χ1n) is 8.43. The van der Waals surface area contributed by atoms with Gasteiger partial charge in [0.25, 0.3) is 0 Å². The molecule has 0 amide bonds. The molecular formula is C18H27O4P. The average Bonchev–Trinajstić information content (AvgIpc) is 2.61. The Morgan fingerprint density at radius 1 is 1.13 bits per heavy atom. The number of carbonyl (C=O) groups is 1. The molecule has 0 aromatic heterocycles. The number of carbonyl (C=O) groups excluding carboxylic acids is 1. The first-order valence-corrected chi connectivity index (χ1v) is 10.4. The number of hydrogen-bond donors (Lipinski definition) is 0. The van der Waals surface area contributed by atoms with Gasteiger partial charge < -0.3 is 14.0 Å². The summed E-state index contributed by atoms with van der Waals surface area (Å²) < 4.78 is 24.4. The van der Waals surface area contributed by atoms with E-state index in [1.807, 2.05) is 6.92 Å². The van der Waals surface area contributed by atoms with Crippen LogP contribution in [-0.4, -0.2) is 31.6 Å². The van der Waals surface area contributed by atoms with E-state index in [1.54, 1.807) is 18.2 Å². The molecule has 1 aromatic carbocycles. The molecule has 4 nitrogen and oxygen atoms in total. The molecule has 1 atom stereocenters. The van der Waals surface area contributed by atoms with E-state index in [9.17, 15) is 9.36 Å².